The lowest BCUT2D eigenvalue weighted by molar-refractivity contribution is -0.114. The maximum Gasteiger partial charge on any atom is 0.254 e. The Morgan fingerprint density at radius 3 is 2.26 bits per heavy atom. The monoisotopic (exact) mass is 330 g/mol. The standard InChI is InChI=1S/C18H22N2O2S/c1-12(2)20(11-17-10-5-13(3)23-17)18(22)15-6-8-16(9-7-15)19-14(4)21/h5-10,12H,11H2,1-4H3,(H,19,21). The van der Waals surface area contributed by atoms with Crippen LogP contribution in [-0.4, -0.2) is 22.8 Å². The van der Waals surface area contributed by atoms with E-state index in [1.54, 1.807) is 35.6 Å². The quantitative estimate of drug-likeness (QED) is 0.898. The van der Waals surface area contributed by atoms with Crippen molar-refractivity contribution in [3.63, 3.8) is 0 Å². The van der Waals surface area contributed by atoms with Crippen molar-refractivity contribution in [1.82, 2.24) is 4.90 Å². The molecule has 0 aliphatic heterocycles. The number of carbonyl (C=O) groups excluding carboxylic acids is 2. The summed E-state index contributed by atoms with van der Waals surface area (Å²) in [7, 11) is 0. The minimum atomic E-state index is -0.124. The molecule has 122 valence electrons. The SMILES string of the molecule is CC(=O)Nc1ccc(C(=O)N(Cc2ccc(C)s2)C(C)C)cc1. The molecular weight excluding hydrogens is 308 g/mol. The van der Waals surface area contributed by atoms with Crippen molar-refractivity contribution in [2.75, 3.05) is 5.32 Å². The zero-order valence-electron chi connectivity index (χ0n) is 13.9. The summed E-state index contributed by atoms with van der Waals surface area (Å²) in [5, 5.41) is 2.70. The first-order valence-electron chi connectivity index (χ1n) is 7.60. The molecule has 23 heavy (non-hydrogen) atoms. The van der Waals surface area contributed by atoms with Gasteiger partial charge in [-0.1, -0.05) is 0 Å². The fourth-order valence-corrected chi connectivity index (χ4v) is 3.18. The zero-order valence-corrected chi connectivity index (χ0v) is 14.7. The third-order valence-electron chi connectivity index (χ3n) is 3.46. The van der Waals surface area contributed by atoms with Crippen LogP contribution in [0.15, 0.2) is 36.4 Å². The Morgan fingerprint density at radius 1 is 1.13 bits per heavy atom. The molecule has 4 nitrogen and oxygen atoms in total. The third kappa shape index (κ3) is 4.66. The van der Waals surface area contributed by atoms with Crippen LogP contribution < -0.4 is 5.32 Å². The van der Waals surface area contributed by atoms with Gasteiger partial charge in [0.05, 0.1) is 6.54 Å². The van der Waals surface area contributed by atoms with Crippen molar-refractivity contribution in [1.29, 1.82) is 0 Å². The Balaban J connectivity index is 2.15. The molecule has 0 unspecified atom stereocenters. The molecule has 0 fully saturated rings. The van der Waals surface area contributed by atoms with Crippen molar-refractivity contribution < 1.29 is 9.59 Å². The van der Waals surface area contributed by atoms with Crippen LogP contribution in [0, 0.1) is 6.92 Å². The Morgan fingerprint density at radius 2 is 1.78 bits per heavy atom. The number of nitrogens with one attached hydrogen (secondary N) is 1. The van der Waals surface area contributed by atoms with E-state index in [9.17, 15) is 9.59 Å². The molecule has 2 amide bonds. The summed E-state index contributed by atoms with van der Waals surface area (Å²) in [6, 6.07) is 11.3. The highest BCUT2D eigenvalue weighted by molar-refractivity contribution is 7.11. The van der Waals surface area contributed by atoms with E-state index in [4.69, 9.17) is 0 Å². The van der Waals surface area contributed by atoms with Gasteiger partial charge in [-0.2, -0.15) is 0 Å². The van der Waals surface area contributed by atoms with Gasteiger partial charge in [-0.25, -0.2) is 0 Å². The molecule has 2 aromatic rings. The third-order valence-corrected chi connectivity index (χ3v) is 4.44. The first kappa shape index (κ1) is 17.2. The summed E-state index contributed by atoms with van der Waals surface area (Å²) in [5.41, 5.74) is 1.32. The lowest BCUT2D eigenvalue weighted by Gasteiger charge is -2.26. The second-order valence-electron chi connectivity index (χ2n) is 5.80. The van der Waals surface area contributed by atoms with Crippen molar-refractivity contribution >= 4 is 28.8 Å². The van der Waals surface area contributed by atoms with E-state index in [2.05, 4.69) is 24.4 Å². The second-order valence-corrected chi connectivity index (χ2v) is 7.17. The van der Waals surface area contributed by atoms with Crippen LogP contribution in [0.4, 0.5) is 5.69 Å². The second kappa shape index (κ2) is 7.42. The molecule has 0 aliphatic carbocycles. The summed E-state index contributed by atoms with van der Waals surface area (Å²) in [4.78, 5) is 28.1. The van der Waals surface area contributed by atoms with Crippen LogP contribution in [0.1, 0.15) is 40.9 Å². The van der Waals surface area contributed by atoms with E-state index in [-0.39, 0.29) is 17.9 Å². The van der Waals surface area contributed by atoms with E-state index >= 15 is 0 Å². The van der Waals surface area contributed by atoms with E-state index < -0.39 is 0 Å². The number of aryl methyl sites for hydroxylation is 1. The summed E-state index contributed by atoms with van der Waals surface area (Å²) in [6.45, 7) is 8.18. The smallest absolute Gasteiger partial charge is 0.254 e. The normalized spacial score (nSPS) is 10.7. The molecule has 1 N–H and O–H groups in total. The van der Waals surface area contributed by atoms with Gasteiger partial charge in [0, 0.05) is 34.0 Å². The molecule has 0 bridgehead atoms. The van der Waals surface area contributed by atoms with Gasteiger partial charge in [0.2, 0.25) is 5.91 Å². The van der Waals surface area contributed by atoms with E-state index in [1.165, 1.54) is 16.7 Å². The predicted octanol–water partition coefficient (Wildman–Crippen LogP) is 4.07. The van der Waals surface area contributed by atoms with E-state index in [1.807, 2.05) is 18.7 Å². The molecule has 0 radical (unpaired) electrons. The van der Waals surface area contributed by atoms with E-state index in [0.717, 1.165) is 0 Å². The van der Waals surface area contributed by atoms with Crippen LogP contribution in [0.2, 0.25) is 0 Å². The number of benzene rings is 1. The molecule has 1 aromatic heterocycles. The fourth-order valence-electron chi connectivity index (χ4n) is 2.29. The number of hydrogen-bond acceptors (Lipinski definition) is 3. The number of anilines is 1. The summed E-state index contributed by atoms with van der Waals surface area (Å²) in [5.74, 6) is -0.124. The first-order valence-corrected chi connectivity index (χ1v) is 8.42. The molecule has 2 rings (SSSR count). The number of nitrogens with zero attached hydrogens (tertiary/aromatic N) is 1. The Bertz CT molecular complexity index is 689. The van der Waals surface area contributed by atoms with Gasteiger partial charge in [-0.3, -0.25) is 9.59 Å². The number of carbonyl (C=O) groups is 2. The van der Waals surface area contributed by atoms with Crippen LogP contribution in [0.3, 0.4) is 0 Å². The average Bonchev–Trinajstić information content (AvgIpc) is 2.89. The Hall–Kier alpha value is -2.14. The van der Waals surface area contributed by atoms with E-state index in [0.29, 0.717) is 17.8 Å². The van der Waals surface area contributed by atoms with Gasteiger partial charge in [0.1, 0.15) is 0 Å². The fraction of sp³-hybridized carbons (Fsp3) is 0.333. The lowest BCUT2D eigenvalue weighted by atomic mass is 10.1. The van der Waals surface area contributed by atoms with Gasteiger partial charge in [0.25, 0.3) is 5.91 Å². The minimum Gasteiger partial charge on any atom is -0.331 e. The molecule has 0 saturated heterocycles. The average molecular weight is 330 g/mol. The summed E-state index contributed by atoms with van der Waals surface area (Å²) < 4.78 is 0. The van der Waals surface area contributed by atoms with Gasteiger partial charge in [-0.15, -0.1) is 11.3 Å². The van der Waals surface area contributed by atoms with Crippen LogP contribution in [0.25, 0.3) is 0 Å². The topological polar surface area (TPSA) is 49.4 Å². The molecule has 0 spiro atoms. The zero-order chi connectivity index (χ0) is 17.0. The Kier molecular flexibility index (Phi) is 5.55. The van der Waals surface area contributed by atoms with Gasteiger partial charge in [-0.05, 0) is 57.2 Å². The molecule has 0 aliphatic rings. The van der Waals surface area contributed by atoms with Gasteiger partial charge < -0.3 is 10.2 Å². The molecule has 0 saturated carbocycles. The van der Waals surface area contributed by atoms with Gasteiger partial charge >= 0.3 is 0 Å². The predicted molar refractivity (Wildman–Crippen MR) is 94.8 cm³/mol. The lowest BCUT2D eigenvalue weighted by Crippen LogP contribution is -2.36. The van der Waals surface area contributed by atoms with Gasteiger partial charge in [0.15, 0.2) is 0 Å². The molecule has 0 atom stereocenters. The molecule has 1 heterocycles. The van der Waals surface area contributed by atoms with Crippen molar-refractivity contribution in [2.24, 2.45) is 0 Å². The number of rotatable bonds is 5. The summed E-state index contributed by atoms with van der Waals surface area (Å²) in [6.07, 6.45) is 0. The highest BCUT2D eigenvalue weighted by Gasteiger charge is 2.19. The number of amides is 2. The maximum atomic E-state index is 12.8. The minimum absolute atomic E-state index is 0.000396. The van der Waals surface area contributed by atoms with Crippen LogP contribution >= 0.6 is 11.3 Å². The van der Waals surface area contributed by atoms with Crippen molar-refractivity contribution in [2.45, 2.75) is 40.3 Å². The maximum absolute atomic E-state index is 12.8. The highest BCUT2D eigenvalue weighted by atomic mass is 32.1. The molecule has 1 aromatic carbocycles. The van der Waals surface area contributed by atoms with Crippen molar-refractivity contribution in [3.05, 3.63) is 51.7 Å². The first-order chi connectivity index (χ1) is 10.9. The summed E-state index contributed by atoms with van der Waals surface area (Å²) >= 11 is 1.71. The van der Waals surface area contributed by atoms with Crippen LogP contribution in [0.5, 0.6) is 0 Å². The number of hydrogen-bond donors (Lipinski definition) is 1. The number of thiophene rings is 1. The van der Waals surface area contributed by atoms with Crippen molar-refractivity contribution in [3.8, 4) is 0 Å². The highest BCUT2D eigenvalue weighted by Crippen LogP contribution is 2.20. The largest absolute Gasteiger partial charge is 0.331 e. The van der Waals surface area contributed by atoms with Crippen LogP contribution in [-0.2, 0) is 11.3 Å². The Labute approximate surface area is 141 Å². The molecular formula is C18H22N2O2S. The molecule has 5 heteroatoms.